The summed E-state index contributed by atoms with van der Waals surface area (Å²) in [7, 11) is 0. The van der Waals surface area contributed by atoms with Crippen molar-refractivity contribution < 1.29 is 9.21 Å². The topological polar surface area (TPSA) is 68.0 Å². The van der Waals surface area contributed by atoms with Gasteiger partial charge in [0.05, 0.1) is 12.1 Å². The zero-order valence-corrected chi connectivity index (χ0v) is 12.1. The van der Waals surface area contributed by atoms with Crippen LogP contribution in [0.1, 0.15) is 11.5 Å². The molecular formula is C17H15N3O2. The molecule has 1 N–H and O–H groups in total. The van der Waals surface area contributed by atoms with Gasteiger partial charge in [-0.2, -0.15) is 0 Å². The molecule has 22 heavy (non-hydrogen) atoms. The molecule has 2 heterocycles. The number of benzene rings is 1. The van der Waals surface area contributed by atoms with Crippen LogP contribution in [0.5, 0.6) is 0 Å². The summed E-state index contributed by atoms with van der Waals surface area (Å²) in [5.41, 5.74) is 2.25. The Morgan fingerprint density at radius 2 is 1.86 bits per heavy atom. The number of oxazole rings is 1. The molecule has 3 aromatic rings. The molecule has 3 rings (SSSR count). The summed E-state index contributed by atoms with van der Waals surface area (Å²) in [6, 6.07) is 13.1. The van der Waals surface area contributed by atoms with Gasteiger partial charge in [0.2, 0.25) is 11.8 Å². The summed E-state index contributed by atoms with van der Waals surface area (Å²) >= 11 is 0. The van der Waals surface area contributed by atoms with Crippen LogP contribution < -0.4 is 5.32 Å². The van der Waals surface area contributed by atoms with Crippen molar-refractivity contribution in [3.63, 3.8) is 0 Å². The van der Waals surface area contributed by atoms with Crippen LogP contribution in [-0.4, -0.2) is 15.9 Å². The van der Waals surface area contributed by atoms with E-state index >= 15 is 0 Å². The van der Waals surface area contributed by atoms with Gasteiger partial charge in [-0.25, -0.2) is 4.98 Å². The number of nitrogens with one attached hydrogen (secondary N) is 1. The number of aromatic nitrogens is 2. The highest BCUT2D eigenvalue weighted by atomic mass is 16.4. The molecule has 1 amide bonds. The molecule has 0 spiro atoms. The van der Waals surface area contributed by atoms with Gasteiger partial charge >= 0.3 is 0 Å². The first-order chi connectivity index (χ1) is 10.7. The second-order valence-corrected chi connectivity index (χ2v) is 4.85. The Labute approximate surface area is 128 Å². The van der Waals surface area contributed by atoms with Crippen LogP contribution in [-0.2, 0) is 11.2 Å². The number of carbonyl (C=O) groups is 1. The fourth-order valence-corrected chi connectivity index (χ4v) is 2.09. The Morgan fingerprint density at radius 1 is 1.14 bits per heavy atom. The molecule has 0 fully saturated rings. The largest absolute Gasteiger partial charge is 0.441 e. The summed E-state index contributed by atoms with van der Waals surface area (Å²) in [6.45, 7) is 1.81. The third kappa shape index (κ3) is 3.20. The van der Waals surface area contributed by atoms with Gasteiger partial charge in [0.15, 0.2) is 0 Å². The van der Waals surface area contributed by atoms with Gasteiger partial charge in [0.25, 0.3) is 0 Å². The SMILES string of the molecule is Cc1oc(-c2ccccc2)nc1CC(=O)Nc1ccncc1. The Bertz CT molecular complexity index is 767. The minimum Gasteiger partial charge on any atom is -0.441 e. The summed E-state index contributed by atoms with van der Waals surface area (Å²) < 4.78 is 5.65. The second-order valence-electron chi connectivity index (χ2n) is 4.85. The number of pyridine rings is 1. The van der Waals surface area contributed by atoms with E-state index in [2.05, 4.69) is 15.3 Å². The monoisotopic (exact) mass is 293 g/mol. The van der Waals surface area contributed by atoms with E-state index in [1.165, 1.54) is 0 Å². The first-order valence-electron chi connectivity index (χ1n) is 6.94. The molecule has 0 aliphatic carbocycles. The van der Waals surface area contributed by atoms with Crippen molar-refractivity contribution in [2.24, 2.45) is 0 Å². The fourth-order valence-electron chi connectivity index (χ4n) is 2.09. The molecular weight excluding hydrogens is 278 g/mol. The summed E-state index contributed by atoms with van der Waals surface area (Å²) in [6.07, 6.45) is 3.43. The van der Waals surface area contributed by atoms with Gasteiger partial charge in [-0.15, -0.1) is 0 Å². The van der Waals surface area contributed by atoms with Crippen LogP contribution in [0.2, 0.25) is 0 Å². The van der Waals surface area contributed by atoms with Gasteiger partial charge in [0, 0.05) is 23.6 Å². The van der Waals surface area contributed by atoms with Gasteiger partial charge in [0.1, 0.15) is 5.76 Å². The molecule has 5 heteroatoms. The van der Waals surface area contributed by atoms with Crippen molar-refractivity contribution in [2.45, 2.75) is 13.3 Å². The number of hydrogen-bond donors (Lipinski definition) is 1. The quantitative estimate of drug-likeness (QED) is 0.802. The van der Waals surface area contributed by atoms with Crippen LogP contribution in [0.15, 0.2) is 59.3 Å². The molecule has 0 bridgehead atoms. The van der Waals surface area contributed by atoms with Crippen molar-refractivity contribution in [3.05, 3.63) is 66.3 Å². The van der Waals surface area contributed by atoms with Crippen molar-refractivity contribution >= 4 is 11.6 Å². The van der Waals surface area contributed by atoms with Crippen molar-refractivity contribution in [3.8, 4) is 11.5 Å². The smallest absolute Gasteiger partial charge is 0.230 e. The maximum atomic E-state index is 12.1. The zero-order valence-electron chi connectivity index (χ0n) is 12.1. The predicted molar refractivity (Wildman–Crippen MR) is 83.2 cm³/mol. The van der Waals surface area contributed by atoms with E-state index in [1.54, 1.807) is 24.5 Å². The fraction of sp³-hybridized carbons (Fsp3) is 0.118. The molecule has 0 radical (unpaired) electrons. The summed E-state index contributed by atoms with van der Waals surface area (Å²) in [5, 5.41) is 2.81. The highest BCUT2D eigenvalue weighted by molar-refractivity contribution is 5.92. The number of hydrogen-bond acceptors (Lipinski definition) is 4. The highest BCUT2D eigenvalue weighted by Crippen LogP contribution is 2.21. The molecule has 1 aromatic carbocycles. The van der Waals surface area contributed by atoms with Gasteiger partial charge in [-0.05, 0) is 31.2 Å². The van der Waals surface area contributed by atoms with Gasteiger partial charge < -0.3 is 9.73 Å². The minimum atomic E-state index is -0.137. The lowest BCUT2D eigenvalue weighted by molar-refractivity contribution is -0.115. The van der Waals surface area contributed by atoms with Crippen LogP contribution in [0.25, 0.3) is 11.5 Å². The average Bonchev–Trinajstić information content (AvgIpc) is 2.90. The van der Waals surface area contributed by atoms with E-state index < -0.39 is 0 Å². The highest BCUT2D eigenvalue weighted by Gasteiger charge is 2.14. The van der Waals surface area contributed by atoms with Crippen molar-refractivity contribution in [1.82, 2.24) is 9.97 Å². The maximum absolute atomic E-state index is 12.1. The maximum Gasteiger partial charge on any atom is 0.230 e. The molecule has 5 nitrogen and oxygen atoms in total. The van der Waals surface area contributed by atoms with Crippen LogP contribution in [0, 0.1) is 6.92 Å². The van der Waals surface area contributed by atoms with Gasteiger partial charge in [-0.1, -0.05) is 18.2 Å². The molecule has 110 valence electrons. The molecule has 0 unspecified atom stereocenters. The third-order valence-electron chi connectivity index (χ3n) is 3.21. The van der Waals surface area contributed by atoms with Crippen molar-refractivity contribution in [2.75, 3.05) is 5.32 Å². The lowest BCUT2D eigenvalue weighted by Gasteiger charge is -2.02. The first-order valence-corrected chi connectivity index (χ1v) is 6.94. The Hall–Kier alpha value is -2.95. The predicted octanol–water partition coefficient (Wildman–Crippen LogP) is 3.23. The molecule has 0 atom stereocenters. The number of nitrogens with zero attached hydrogens (tertiary/aromatic N) is 2. The van der Waals surface area contributed by atoms with Crippen LogP contribution in [0.3, 0.4) is 0 Å². The number of anilines is 1. The number of carbonyl (C=O) groups excluding carboxylic acids is 1. The summed E-state index contributed by atoms with van der Waals surface area (Å²) in [5.74, 6) is 1.05. The normalized spacial score (nSPS) is 10.4. The second kappa shape index (κ2) is 6.22. The Balaban J connectivity index is 1.73. The molecule has 0 saturated carbocycles. The molecule has 2 aromatic heterocycles. The molecule has 0 aliphatic rings. The minimum absolute atomic E-state index is 0.137. The van der Waals surface area contributed by atoms with Crippen LogP contribution in [0.4, 0.5) is 5.69 Å². The van der Waals surface area contributed by atoms with E-state index in [1.807, 2.05) is 37.3 Å². The average molecular weight is 293 g/mol. The van der Waals surface area contributed by atoms with Crippen LogP contribution >= 0.6 is 0 Å². The number of amides is 1. The lowest BCUT2D eigenvalue weighted by Crippen LogP contribution is -2.15. The van der Waals surface area contributed by atoms with E-state index in [0.29, 0.717) is 23.0 Å². The standard InChI is InChI=1S/C17H15N3O2/c1-12-15(11-16(21)19-14-7-9-18-10-8-14)20-17(22-12)13-5-3-2-4-6-13/h2-10H,11H2,1H3,(H,18,19,21). The zero-order chi connectivity index (χ0) is 15.4. The molecule has 0 saturated heterocycles. The third-order valence-corrected chi connectivity index (χ3v) is 3.21. The Morgan fingerprint density at radius 3 is 2.59 bits per heavy atom. The molecule has 0 aliphatic heterocycles. The van der Waals surface area contributed by atoms with Gasteiger partial charge in [-0.3, -0.25) is 9.78 Å². The van der Waals surface area contributed by atoms with E-state index in [-0.39, 0.29) is 12.3 Å². The Kier molecular flexibility index (Phi) is 3.96. The number of aryl methyl sites for hydroxylation is 1. The first kappa shape index (κ1) is 14.0. The van der Waals surface area contributed by atoms with E-state index in [4.69, 9.17) is 4.42 Å². The lowest BCUT2D eigenvalue weighted by atomic mass is 10.2. The number of rotatable bonds is 4. The summed E-state index contributed by atoms with van der Waals surface area (Å²) in [4.78, 5) is 20.4. The van der Waals surface area contributed by atoms with E-state index in [9.17, 15) is 4.79 Å². The van der Waals surface area contributed by atoms with E-state index in [0.717, 1.165) is 5.56 Å². The van der Waals surface area contributed by atoms with Crippen molar-refractivity contribution in [1.29, 1.82) is 0 Å².